The second-order valence-electron chi connectivity index (χ2n) is 13.7. The lowest BCUT2D eigenvalue weighted by Gasteiger charge is -2.28. The van der Waals surface area contributed by atoms with Crippen LogP contribution in [0.25, 0.3) is 53.2 Å². The molecule has 0 aliphatic carbocycles. The van der Waals surface area contributed by atoms with Gasteiger partial charge < -0.3 is 9.80 Å². The molecule has 0 unspecified atom stereocenters. The van der Waals surface area contributed by atoms with E-state index < -0.39 is 0 Å². The Bertz CT molecular complexity index is 2900. The van der Waals surface area contributed by atoms with Crippen LogP contribution in [0.4, 0.5) is 34.1 Å². The summed E-state index contributed by atoms with van der Waals surface area (Å²) in [6.07, 6.45) is 0. The average Bonchev–Trinajstić information content (AvgIpc) is 3.65. The molecule has 0 N–H and O–H groups in total. The molecule has 9 aromatic carbocycles. The first kappa shape index (κ1) is 32.7. The van der Waals surface area contributed by atoms with Gasteiger partial charge in [-0.1, -0.05) is 152 Å². The van der Waals surface area contributed by atoms with Crippen LogP contribution in [0, 0.1) is 0 Å². The van der Waals surface area contributed by atoms with Crippen molar-refractivity contribution in [3.05, 3.63) is 218 Å². The van der Waals surface area contributed by atoms with Crippen LogP contribution >= 0.6 is 11.3 Å². The number of rotatable bonds is 8. The zero-order valence-corrected chi connectivity index (χ0v) is 30.9. The number of benzene rings is 9. The zero-order valence-electron chi connectivity index (χ0n) is 30.1. The highest BCUT2D eigenvalue weighted by Crippen LogP contribution is 2.47. The Morgan fingerprint density at radius 2 is 0.764 bits per heavy atom. The fraction of sp³-hybridized carbons (Fsp3) is 0. The van der Waals surface area contributed by atoms with Crippen LogP contribution < -0.4 is 9.80 Å². The second-order valence-corrected chi connectivity index (χ2v) is 14.8. The monoisotopic (exact) mass is 720 g/mol. The number of fused-ring (bicyclic) bond motifs is 4. The van der Waals surface area contributed by atoms with E-state index in [2.05, 4.69) is 228 Å². The topological polar surface area (TPSA) is 6.48 Å². The third kappa shape index (κ3) is 6.01. The normalized spacial score (nSPS) is 11.3. The highest BCUT2D eigenvalue weighted by Gasteiger charge is 2.21. The zero-order chi connectivity index (χ0) is 36.6. The number of hydrogen-bond acceptors (Lipinski definition) is 3. The van der Waals surface area contributed by atoms with Gasteiger partial charge in [-0.05, 0) is 94.4 Å². The lowest BCUT2D eigenvalue weighted by Crippen LogP contribution is -2.10. The molecular weight excluding hydrogens is 685 g/mol. The first-order valence-corrected chi connectivity index (χ1v) is 19.5. The van der Waals surface area contributed by atoms with Crippen molar-refractivity contribution < 1.29 is 0 Å². The molecular formula is C52H36N2S. The number of para-hydroxylation sites is 2. The highest BCUT2D eigenvalue weighted by atomic mass is 32.1. The van der Waals surface area contributed by atoms with Crippen molar-refractivity contribution in [2.45, 2.75) is 0 Å². The number of thiophene rings is 1. The molecule has 55 heavy (non-hydrogen) atoms. The standard InChI is InChI=1S/C52H36N2S/c1-4-15-37(16-5-1)38-27-31-42(32-28-38)53(40-17-6-2-7-18-40)43-33-29-39(30-34-43)44-35-36-49(46-22-11-10-21-45(44)46)54(41-19-8-3-9-20-41)50-25-14-24-48-47-23-12-13-26-51(47)55-52(48)50/h1-36H. The maximum absolute atomic E-state index is 2.44. The molecule has 0 fully saturated rings. The molecule has 0 aliphatic heterocycles. The first-order valence-electron chi connectivity index (χ1n) is 18.7. The summed E-state index contributed by atoms with van der Waals surface area (Å²) < 4.78 is 2.59. The van der Waals surface area contributed by atoms with E-state index in [0.717, 1.165) is 28.4 Å². The van der Waals surface area contributed by atoms with E-state index >= 15 is 0 Å². The Kier molecular flexibility index (Phi) is 8.40. The first-order chi connectivity index (χ1) is 27.3. The predicted molar refractivity (Wildman–Crippen MR) is 237 cm³/mol. The summed E-state index contributed by atoms with van der Waals surface area (Å²) in [6.45, 7) is 0. The van der Waals surface area contributed by atoms with Crippen molar-refractivity contribution in [2.75, 3.05) is 9.80 Å². The van der Waals surface area contributed by atoms with E-state index in [4.69, 9.17) is 0 Å². The second kappa shape index (κ2) is 14.1. The minimum Gasteiger partial charge on any atom is -0.311 e. The largest absolute Gasteiger partial charge is 0.311 e. The summed E-state index contributed by atoms with van der Waals surface area (Å²) >= 11 is 1.87. The number of anilines is 6. The smallest absolute Gasteiger partial charge is 0.0640 e. The van der Waals surface area contributed by atoms with E-state index in [1.807, 2.05) is 11.3 Å². The van der Waals surface area contributed by atoms with Crippen LogP contribution in [0.15, 0.2) is 218 Å². The van der Waals surface area contributed by atoms with Crippen LogP contribution in [0.1, 0.15) is 0 Å². The van der Waals surface area contributed by atoms with Crippen LogP contribution in [0.5, 0.6) is 0 Å². The highest BCUT2D eigenvalue weighted by molar-refractivity contribution is 7.26. The van der Waals surface area contributed by atoms with E-state index in [1.54, 1.807) is 0 Å². The SMILES string of the molecule is c1ccc(-c2ccc(N(c3ccccc3)c3ccc(-c4ccc(N(c5ccccc5)c5cccc6c5sc5ccccc56)c5ccccc45)cc3)cc2)cc1. The van der Waals surface area contributed by atoms with Crippen molar-refractivity contribution in [2.24, 2.45) is 0 Å². The lowest BCUT2D eigenvalue weighted by molar-refractivity contribution is 1.28. The van der Waals surface area contributed by atoms with Gasteiger partial charge in [0.25, 0.3) is 0 Å². The predicted octanol–water partition coefficient (Wildman–Crippen LogP) is 15.5. The quantitative estimate of drug-likeness (QED) is 0.154. The van der Waals surface area contributed by atoms with E-state index in [1.165, 1.54) is 58.9 Å². The molecule has 10 rings (SSSR count). The summed E-state index contributed by atoms with van der Waals surface area (Å²) in [5.74, 6) is 0. The van der Waals surface area contributed by atoms with Gasteiger partial charge >= 0.3 is 0 Å². The van der Waals surface area contributed by atoms with Gasteiger partial charge in [-0.3, -0.25) is 0 Å². The van der Waals surface area contributed by atoms with Gasteiger partial charge in [-0.15, -0.1) is 11.3 Å². The van der Waals surface area contributed by atoms with Crippen LogP contribution in [-0.2, 0) is 0 Å². The van der Waals surface area contributed by atoms with E-state index in [9.17, 15) is 0 Å². The number of nitrogens with zero attached hydrogens (tertiary/aromatic N) is 2. The molecule has 1 heterocycles. The van der Waals surface area contributed by atoms with E-state index in [0.29, 0.717) is 0 Å². The van der Waals surface area contributed by atoms with Gasteiger partial charge in [0.05, 0.1) is 16.1 Å². The molecule has 0 saturated carbocycles. The molecule has 2 nitrogen and oxygen atoms in total. The lowest BCUT2D eigenvalue weighted by atomic mass is 9.96. The Hall–Kier alpha value is -6.94. The van der Waals surface area contributed by atoms with E-state index in [-0.39, 0.29) is 0 Å². The van der Waals surface area contributed by atoms with Gasteiger partial charge in [-0.2, -0.15) is 0 Å². The molecule has 0 amide bonds. The third-order valence-corrected chi connectivity index (χ3v) is 11.7. The Balaban J connectivity index is 1.07. The molecule has 0 radical (unpaired) electrons. The molecule has 0 saturated heterocycles. The van der Waals surface area contributed by atoms with Crippen molar-refractivity contribution in [1.82, 2.24) is 0 Å². The maximum Gasteiger partial charge on any atom is 0.0640 e. The third-order valence-electron chi connectivity index (χ3n) is 10.5. The molecule has 1 aromatic heterocycles. The molecule has 10 aromatic rings. The summed E-state index contributed by atoms with van der Waals surface area (Å²) in [5, 5.41) is 5.01. The van der Waals surface area contributed by atoms with Gasteiger partial charge in [0, 0.05) is 43.6 Å². The molecule has 3 heteroatoms. The molecule has 260 valence electrons. The Morgan fingerprint density at radius 3 is 1.44 bits per heavy atom. The fourth-order valence-corrected chi connectivity index (χ4v) is 9.08. The van der Waals surface area contributed by atoms with Gasteiger partial charge in [-0.25, -0.2) is 0 Å². The van der Waals surface area contributed by atoms with Crippen LogP contribution in [0.3, 0.4) is 0 Å². The van der Waals surface area contributed by atoms with Crippen molar-refractivity contribution in [1.29, 1.82) is 0 Å². The minimum absolute atomic E-state index is 1.11. The minimum atomic E-state index is 1.11. The van der Waals surface area contributed by atoms with Gasteiger partial charge in [0.1, 0.15) is 0 Å². The summed E-state index contributed by atoms with van der Waals surface area (Å²) in [6, 6.07) is 78.7. The Morgan fingerprint density at radius 1 is 0.273 bits per heavy atom. The fourth-order valence-electron chi connectivity index (χ4n) is 7.87. The molecule has 0 bridgehead atoms. The van der Waals surface area contributed by atoms with Gasteiger partial charge in [0.2, 0.25) is 0 Å². The van der Waals surface area contributed by atoms with Crippen molar-refractivity contribution in [3.63, 3.8) is 0 Å². The molecule has 0 aliphatic rings. The molecule has 0 spiro atoms. The maximum atomic E-state index is 2.44. The Labute approximate surface area is 325 Å². The summed E-state index contributed by atoms with van der Waals surface area (Å²) in [5.41, 5.74) is 11.6. The summed E-state index contributed by atoms with van der Waals surface area (Å²) in [4.78, 5) is 4.76. The van der Waals surface area contributed by atoms with Crippen molar-refractivity contribution >= 4 is 76.4 Å². The van der Waals surface area contributed by atoms with Gasteiger partial charge in [0.15, 0.2) is 0 Å². The molecule has 0 atom stereocenters. The average molecular weight is 721 g/mol. The van der Waals surface area contributed by atoms with Crippen molar-refractivity contribution in [3.8, 4) is 22.3 Å². The summed E-state index contributed by atoms with van der Waals surface area (Å²) in [7, 11) is 0. The number of hydrogen-bond donors (Lipinski definition) is 0. The van der Waals surface area contributed by atoms with Crippen LogP contribution in [0.2, 0.25) is 0 Å². The van der Waals surface area contributed by atoms with Crippen LogP contribution in [-0.4, -0.2) is 0 Å².